The molecule has 1 atom stereocenters. The van der Waals surface area contributed by atoms with Crippen LogP contribution in [0.2, 0.25) is 0 Å². The van der Waals surface area contributed by atoms with Crippen LogP contribution in [-0.4, -0.2) is 24.1 Å². The summed E-state index contributed by atoms with van der Waals surface area (Å²) in [5.74, 6) is -0.320. The first-order chi connectivity index (χ1) is 12.0. The molecule has 0 aliphatic carbocycles. The summed E-state index contributed by atoms with van der Waals surface area (Å²) in [6.45, 7) is 4.37. The minimum atomic E-state index is -0.273. The highest BCUT2D eigenvalue weighted by atomic mass is 32.2. The van der Waals surface area contributed by atoms with Crippen LogP contribution in [0, 0.1) is 5.82 Å². The maximum absolute atomic E-state index is 12.9. The van der Waals surface area contributed by atoms with Crippen molar-refractivity contribution in [3.8, 4) is 0 Å². The van der Waals surface area contributed by atoms with E-state index in [-0.39, 0.29) is 28.6 Å². The molecule has 25 heavy (non-hydrogen) atoms. The molecular weight excluding hydrogens is 339 g/mol. The van der Waals surface area contributed by atoms with Crippen molar-refractivity contribution in [1.29, 1.82) is 0 Å². The third-order valence-corrected chi connectivity index (χ3v) is 4.75. The third-order valence-electron chi connectivity index (χ3n) is 3.55. The summed E-state index contributed by atoms with van der Waals surface area (Å²) in [6, 6.07) is 13.1. The molecule has 2 amide bonds. The number of anilines is 1. The predicted molar refractivity (Wildman–Crippen MR) is 100 cm³/mol. The van der Waals surface area contributed by atoms with Crippen molar-refractivity contribution < 1.29 is 14.0 Å². The Labute approximate surface area is 151 Å². The van der Waals surface area contributed by atoms with Crippen molar-refractivity contribution in [3.05, 3.63) is 65.5 Å². The van der Waals surface area contributed by atoms with E-state index in [1.54, 1.807) is 36.4 Å². The molecule has 4 nitrogen and oxygen atoms in total. The van der Waals surface area contributed by atoms with E-state index in [1.807, 2.05) is 13.8 Å². The van der Waals surface area contributed by atoms with Crippen LogP contribution in [-0.2, 0) is 4.79 Å². The van der Waals surface area contributed by atoms with Gasteiger partial charge >= 0.3 is 0 Å². The molecule has 2 rings (SSSR count). The Bertz CT molecular complexity index is 734. The Morgan fingerprint density at radius 3 is 2.56 bits per heavy atom. The summed E-state index contributed by atoms with van der Waals surface area (Å²) >= 11 is 1.47. The van der Waals surface area contributed by atoms with Crippen molar-refractivity contribution in [2.24, 2.45) is 0 Å². The van der Waals surface area contributed by atoms with Gasteiger partial charge in [0.2, 0.25) is 5.91 Å². The van der Waals surface area contributed by atoms with Gasteiger partial charge in [-0.2, -0.15) is 0 Å². The molecule has 1 unspecified atom stereocenters. The minimum absolute atomic E-state index is 0.0769. The normalized spacial score (nSPS) is 11.6. The number of carbonyl (C=O) groups is 2. The van der Waals surface area contributed by atoms with Crippen LogP contribution in [0.3, 0.4) is 0 Å². The van der Waals surface area contributed by atoms with Gasteiger partial charge in [0.05, 0.1) is 5.75 Å². The smallest absolute Gasteiger partial charge is 0.251 e. The van der Waals surface area contributed by atoms with E-state index in [4.69, 9.17) is 0 Å². The lowest BCUT2D eigenvalue weighted by Crippen LogP contribution is -2.23. The first-order valence-electron chi connectivity index (χ1n) is 8.04. The second-order valence-corrected chi connectivity index (χ2v) is 6.82. The lowest BCUT2D eigenvalue weighted by Gasteiger charge is -2.12. The standard InChI is InChI=1S/C19H21FN2O2S/c1-3-21-19(24)15-5-4-6-17(11-15)22-18(23)12-25-13(2)14-7-9-16(20)10-8-14/h4-11,13H,3,12H2,1-2H3,(H,21,24)(H,22,23). The van der Waals surface area contributed by atoms with E-state index in [9.17, 15) is 14.0 Å². The highest BCUT2D eigenvalue weighted by Gasteiger charge is 2.11. The monoisotopic (exact) mass is 360 g/mol. The number of hydrogen-bond donors (Lipinski definition) is 2. The maximum atomic E-state index is 12.9. The van der Waals surface area contributed by atoms with Gasteiger partial charge in [0.25, 0.3) is 5.91 Å². The number of benzene rings is 2. The summed E-state index contributed by atoms with van der Waals surface area (Å²) in [6.07, 6.45) is 0. The number of halogens is 1. The number of amides is 2. The molecule has 132 valence electrons. The van der Waals surface area contributed by atoms with Gasteiger partial charge in [0.15, 0.2) is 0 Å². The highest BCUT2D eigenvalue weighted by molar-refractivity contribution is 8.00. The molecule has 0 aromatic heterocycles. The first-order valence-corrected chi connectivity index (χ1v) is 9.09. The van der Waals surface area contributed by atoms with Crippen LogP contribution in [0.4, 0.5) is 10.1 Å². The van der Waals surface area contributed by atoms with E-state index in [0.717, 1.165) is 5.56 Å². The fraction of sp³-hybridized carbons (Fsp3) is 0.263. The number of nitrogens with one attached hydrogen (secondary N) is 2. The average molecular weight is 360 g/mol. The van der Waals surface area contributed by atoms with E-state index in [1.165, 1.54) is 23.9 Å². The van der Waals surface area contributed by atoms with E-state index < -0.39 is 0 Å². The van der Waals surface area contributed by atoms with Gasteiger partial charge in [-0.1, -0.05) is 18.2 Å². The van der Waals surface area contributed by atoms with Crippen LogP contribution in [0.15, 0.2) is 48.5 Å². The maximum Gasteiger partial charge on any atom is 0.251 e. The molecular formula is C19H21FN2O2S. The van der Waals surface area contributed by atoms with Gasteiger partial charge in [0.1, 0.15) is 5.82 Å². The van der Waals surface area contributed by atoms with Crippen LogP contribution in [0.25, 0.3) is 0 Å². The Balaban J connectivity index is 1.88. The molecule has 2 aromatic rings. The van der Waals surface area contributed by atoms with Crippen molar-refractivity contribution in [3.63, 3.8) is 0 Å². The Kier molecular flexibility index (Phi) is 7.01. The zero-order valence-electron chi connectivity index (χ0n) is 14.2. The zero-order chi connectivity index (χ0) is 18.2. The van der Waals surface area contributed by atoms with Gasteiger partial charge in [-0.15, -0.1) is 11.8 Å². The Morgan fingerprint density at radius 1 is 1.16 bits per heavy atom. The minimum Gasteiger partial charge on any atom is -0.352 e. The van der Waals surface area contributed by atoms with Crippen molar-refractivity contribution >= 4 is 29.3 Å². The third kappa shape index (κ3) is 5.90. The van der Waals surface area contributed by atoms with Crippen LogP contribution >= 0.6 is 11.8 Å². The molecule has 0 heterocycles. The fourth-order valence-electron chi connectivity index (χ4n) is 2.23. The number of hydrogen-bond acceptors (Lipinski definition) is 3. The lowest BCUT2D eigenvalue weighted by atomic mass is 10.2. The molecule has 0 saturated carbocycles. The van der Waals surface area contributed by atoms with Gasteiger partial charge in [-0.05, 0) is 49.7 Å². The molecule has 0 fully saturated rings. The largest absolute Gasteiger partial charge is 0.352 e. The quantitative estimate of drug-likeness (QED) is 0.784. The van der Waals surface area contributed by atoms with E-state index in [2.05, 4.69) is 10.6 Å². The summed E-state index contributed by atoms with van der Waals surface area (Å²) in [4.78, 5) is 23.9. The summed E-state index contributed by atoms with van der Waals surface area (Å²) < 4.78 is 12.9. The van der Waals surface area contributed by atoms with E-state index in [0.29, 0.717) is 17.8 Å². The van der Waals surface area contributed by atoms with Crippen LogP contribution in [0.5, 0.6) is 0 Å². The van der Waals surface area contributed by atoms with Gasteiger partial charge in [-0.3, -0.25) is 9.59 Å². The molecule has 0 aliphatic rings. The number of thioether (sulfide) groups is 1. The molecule has 2 aromatic carbocycles. The molecule has 0 radical (unpaired) electrons. The first kappa shape index (κ1) is 19.0. The van der Waals surface area contributed by atoms with Gasteiger partial charge in [-0.25, -0.2) is 4.39 Å². The SMILES string of the molecule is CCNC(=O)c1cccc(NC(=O)CSC(C)c2ccc(F)cc2)c1. The van der Waals surface area contributed by atoms with Crippen molar-refractivity contribution in [1.82, 2.24) is 5.32 Å². The Hall–Kier alpha value is -2.34. The molecule has 0 aliphatic heterocycles. The van der Waals surface area contributed by atoms with Crippen molar-refractivity contribution in [2.45, 2.75) is 19.1 Å². The Morgan fingerprint density at radius 2 is 1.88 bits per heavy atom. The summed E-state index contributed by atoms with van der Waals surface area (Å²) in [5.41, 5.74) is 2.06. The highest BCUT2D eigenvalue weighted by Crippen LogP contribution is 2.28. The zero-order valence-corrected chi connectivity index (χ0v) is 15.0. The molecule has 0 bridgehead atoms. The molecule has 0 saturated heterocycles. The fourth-order valence-corrected chi connectivity index (χ4v) is 3.05. The molecule has 2 N–H and O–H groups in total. The predicted octanol–water partition coefficient (Wildman–Crippen LogP) is 4.01. The van der Waals surface area contributed by atoms with Crippen LogP contribution in [0.1, 0.15) is 35.0 Å². The topological polar surface area (TPSA) is 58.2 Å². The van der Waals surface area contributed by atoms with Gasteiger partial charge < -0.3 is 10.6 Å². The van der Waals surface area contributed by atoms with Crippen molar-refractivity contribution in [2.75, 3.05) is 17.6 Å². The van der Waals surface area contributed by atoms with Crippen LogP contribution < -0.4 is 10.6 Å². The molecule has 0 spiro atoms. The van der Waals surface area contributed by atoms with E-state index >= 15 is 0 Å². The second-order valence-electron chi connectivity index (χ2n) is 5.49. The summed E-state index contributed by atoms with van der Waals surface area (Å²) in [5, 5.41) is 5.59. The molecule has 6 heteroatoms. The number of carbonyl (C=O) groups excluding carboxylic acids is 2. The lowest BCUT2D eigenvalue weighted by molar-refractivity contribution is -0.113. The second kappa shape index (κ2) is 9.22. The average Bonchev–Trinajstić information content (AvgIpc) is 2.61. The number of rotatable bonds is 7. The summed E-state index contributed by atoms with van der Waals surface area (Å²) in [7, 11) is 0. The van der Waals surface area contributed by atoms with Gasteiger partial charge in [0, 0.05) is 23.0 Å².